The molecule has 0 unspecified atom stereocenters. The summed E-state index contributed by atoms with van der Waals surface area (Å²) in [5.74, 6) is 0.395. The Bertz CT molecular complexity index is 647. The van der Waals surface area contributed by atoms with Crippen LogP contribution in [0, 0.1) is 6.08 Å². The summed E-state index contributed by atoms with van der Waals surface area (Å²) in [6, 6.07) is 4.94. The minimum Gasteiger partial charge on any atom is -0.410 e. The maximum absolute atomic E-state index is 13.4. The lowest BCUT2D eigenvalue weighted by Gasteiger charge is -2.25. The van der Waals surface area contributed by atoms with E-state index in [-0.39, 0.29) is 6.09 Å². The minimum absolute atomic E-state index is 0.347. The fourth-order valence-corrected chi connectivity index (χ4v) is 2.46. The summed E-state index contributed by atoms with van der Waals surface area (Å²) in [4.78, 5) is 17.5. The minimum atomic E-state index is -0.556. The third-order valence-corrected chi connectivity index (χ3v) is 3.62. The maximum Gasteiger partial charge on any atom is 0.415 e. The Balaban J connectivity index is 1.78. The Labute approximate surface area is 116 Å². The van der Waals surface area contributed by atoms with Gasteiger partial charge in [-0.25, -0.2) is 9.78 Å². The first-order chi connectivity index (χ1) is 9.65. The van der Waals surface area contributed by atoms with Crippen LogP contribution < -0.4 is 4.74 Å². The van der Waals surface area contributed by atoms with Crippen molar-refractivity contribution in [2.45, 2.75) is 19.3 Å². The number of halogens is 1. The van der Waals surface area contributed by atoms with Gasteiger partial charge in [-0.1, -0.05) is 0 Å². The van der Waals surface area contributed by atoms with Gasteiger partial charge in [-0.3, -0.25) is 0 Å². The molecule has 1 aliphatic heterocycles. The van der Waals surface area contributed by atoms with E-state index in [2.05, 4.69) is 4.98 Å². The van der Waals surface area contributed by atoms with Crippen LogP contribution in [0.3, 0.4) is 0 Å². The number of hydrogen-bond donors (Lipinski definition) is 0. The van der Waals surface area contributed by atoms with Crippen molar-refractivity contribution in [2.75, 3.05) is 13.1 Å². The van der Waals surface area contributed by atoms with Crippen molar-refractivity contribution in [3.63, 3.8) is 0 Å². The third-order valence-electron chi connectivity index (χ3n) is 3.62. The molecule has 20 heavy (non-hydrogen) atoms. The summed E-state index contributed by atoms with van der Waals surface area (Å²) in [5, 5.41) is 0. The maximum atomic E-state index is 13.4. The molecule has 1 fully saturated rings. The van der Waals surface area contributed by atoms with E-state index in [1.807, 2.05) is 0 Å². The van der Waals surface area contributed by atoms with Crippen LogP contribution in [0.15, 0.2) is 18.2 Å². The third kappa shape index (κ3) is 2.33. The lowest BCUT2D eigenvalue weighted by molar-refractivity contribution is 0.142. The Kier molecular flexibility index (Phi) is 3.30. The van der Waals surface area contributed by atoms with Crippen molar-refractivity contribution in [2.24, 2.45) is 7.05 Å². The first kappa shape index (κ1) is 12.9. The molecule has 0 N–H and O–H groups in total. The summed E-state index contributed by atoms with van der Waals surface area (Å²) in [7, 11) is 1.60. The number of aryl methyl sites for hydroxylation is 1. The second-order valence-corrected chi connectivity index (χ2v) is 5.01. The highest BCUT2D eigenvalue weighted by Gasteiger charge is 2.18. The van der Waals surface area contributed by atoms with Gasteiger partial charge in [0.25, 0.3) is 6.08 Å². The van der Waals surface area contributed by atoms with Crippen molar-refractivity contribution < 1.29 is 13.9 Å². The van der Waals surface area contributed by atoms with E-state index < -0.39 is 6.08 Å². The van der Waals surface area contributed by atoms with E-state index in [1.165, 1.54) is 4.57 Å². The number of ether oxygens (including phenoxy) is 1. The number of hydrogen-bond acceptors (Lipinski definition) is 3. The lowest BCUT2D eigenvalue weighted by Crippen LogP contribution is -2.37. The average molecular weight is 277 g/mol. The molecule has 1 aliphatic rings. The normalized spacial score (nSPS) is 15.6. The Morgan fingerprint density at radius 1 is 1.30 bits per heavy atom. The first-order valence-corrected chi connectivity index (χ1v) is 6.74. The molecule has 0 atom stereocenters. The monoisotopic (exact) mass is 277 g/mol. The second-order valence-electron chi connectivity index (χ2n) is 5.01. The number of fused-ring (bicyclic) bond motifs is 1. The lowest BCUT2D eigenvalue weighted by atomic mass is 10.1. The van der Waals surface area contributed by atoms with Gasteiger partial charge in [-0.05, 0) is 31.4 Å². The summed E-state index contributed by atoms with van der Waals surface area (Å²) in [6.45, 7) is 1.47. The van der Waals surface area contributed by atoms with E-state index in [4.69, 9.17) is 4.74 Å². The SMILES string of the molecule is Cn1c(F)nc2cc(OC(=O)N3CCCCC3)ccc21. The van der Waals surface area contributed by atoms with E-state index in [1.54, 1.807) is 30.1 Å². The van der Waals surface area contributed by atoms with Crippen LogP contribution in [-0.2, 0) is 7.05 Å². The van der Waals surface area contributed by atoms with Gasteiger partial charge in [0.2, 0.25) is 0 Å². The van der Waals surface area contributed by atoms with E-state index in [0.29, 0.717) is 16.8 Å². The van der Waals surface area contributed by atoms with Gasteiger partial charge in [-0.15, -0.1) is 0 Å². The highest BCUT2D eigenvalue weighted by molar-refractivity contribution is 5.79. The molecule has 1 aromatic heterocycles. The Morgan fingerprint density at radius 3 is 2.80 bits per heavy atom. The number of carbonyl (C=O) groups excluding carboxylic acids is 1. The number of rotatable bonds is 1. The van der Waals surface area contributed by atoms with Crippen LogP contribution >= 0.6 is 0 Å². The molecule has 0 spiro atoms. The zero-order valence-electron chi connectivity index (χ0n) is 11.3. The molecule has 1 aromatic carbocycles. The molecule has 2 aromatic rings. The number of nitrogens with zero attached hydrogens (tertiary/aromatic N) is 3. The summed E-state index contributed by atoms with van der Waals surface area (Å²) < 4.78 is 20.0. The molecule has 1 saturated heterocycles. The van der Waals surface area contributed by atoms with Gasteiger partial charge < -0.3 is 14.2 Å². The standard InChI is InChI=1S/C14H16FN3O2/c1-17-12-6-5-10(9-11(12)16-13(17)15)20-14(19)18-7-3-2-4-8-18/h5-6,9H,2-4,7-8H2,1H3. The fraction of sp³-hybridized carbons (Fsp3) is 0.429. The largest absolute Gasteiger partial charge is 0.415 e. The number of aromatic nitrogens is 2. The van der Waals surface area contributed by atoms with Crippen molar-refractivity contribution in [1.29, 1.82) is 0 Å². The quantitative estimate of drug-likeness (QED) is 0.805. The number of likely N-dealkylation sites (tertiary alicyclic amines) is 1. The highest BCUT2D eigenvalue weighted by atomic mass is 19.1. The zero-order chi connectivity index (χ0) is 14.1. The molecule has 5 nitrogen and oxygen atoms in total. The van der Waals surface area contributed by atoms with Crippen molar-refractivity contribution >= 4 is 17.1 Å². The predicted octanol–water partition coefficient (Wildman–Crippen LogP) is 2.70. The van der Waals surface area contributed by atoms with Crippen LogP contribution in [0.2, 0.25) is 0 Å². The van der Waals surface area contributed by atoms with Crippen LogP contribution in [-0.4, -0.2) is 33.6 Å². The molecule has 3 rings (SSSR count). The van der Waals surface area contributed by atoms with E-state index in [9.17, 15) is 9.18 Å². The van der Waals surface area contributed by atoms with Crippen LogP contribution in [0.25, 0.3) is 11.0 Å². The molecule has 0 bridgehead atoms. The van der Waals surface area contributed by atoms with Crippen LogP contribution in [0.4, 0.5) is 9.18 Å². The smallest absolute Gasteiger partial charge is 0.410 e. The predicted molar refractivity (Wildman–Crippen MR) is 72.1 cm³/mol. The molecule has 0 aliphatic carbocycles. The average Bonchev–Trinajstić information content (AvgIpc) is 2.74. The second kappa shape index (κ2) is 5.11. The molecule has 1 amide bonds. The molecular formula is C14H16FN3O2. The molecule has 106 valence electrons. The number of carbonyl (C=O) groups is 1. The van der Waals surface area contributed by atoms with Crippen molar-refractivity contribution in [3.8, 4) is 5.75 Å². The van der Waals surface area contributed by atoms with Gasteiger partial charge in [0.05, 0.1) is 11.0 Å². The Hall–Kier alpha value is -2.11. The zero-order valence-corrected chi connectivity index (χ0v) is 11.3. The van der Waals surface area contributed by atoms with Crippen molar-refractivity contribution in [1.82, 2.24) is 14.5 Å². The summed E-state index contributed by atoms with van der Waals surface area (Å²) >= 11 is 0. The molecule has 2 heterocycles. The number of amides is 1. The van der Waals surface area contributed by atoms with Crippen molar-refractivity contribution in [3.05, 3.63) is 24.3 Å². The first-order valence-electron chi connectivity index (χ1n) is 6.74. The topological polar surface area (TPSA) is 47.4 Å². The summed E-state index contributed by atoms with van der Waals surface area (Å²) in [6.07, 6.45) is 2.28. The highest BCUT2D eigenvalue weighted by Crippen LogP contribution is 2.21. The number of piperidine rings is 1. The number of benzene rings is 1. The van der Waals surface area contributed by atoms with Gasteiger partial charge in [0.15, 0.2) is 0 Å². The van der Waals surface area contributed by atoms with Gasteiger partial charge in [0, 0.05) is 26.2 Å². The number of imidazole rings is 1. The van der Waals surface area contributed by atoms with Crippen LogP contribution in [0.1, 0.15) is 19.3 Å². The summed E-state index contributed by atoms with van der Waals surface area (Å²) in [5.41, 5.74) is 1.15. The van der Waals surface area contributed by atoms with Gasteiger partial charge in [-0.2, -0.15) is 4.39 Å². The van der Waals surface area contributed by atoms with Gasteiger partial charge in [0.1, 0.15) is 5.75 Å². The van der Waals surface area contributed by atoms with Gasteiger partial charge >= 0.3 is 6.09 Å². The van der Waals surface area contributed by atoms with E-state index >= 15 is 0 Å². The fourth-order valence-electron chi connectivity index (χ4n) is 2.46. The van der Waals surface area contributed by atoms with Crippen LogP contribution in [0.5, 0.6) is 5.75 Å². The molecule has 6 heteroatoms. The Morgan fingerprint density at radius 2 is 2.05 bits per heavy atom. The molecule has 0 saturated carbocycles. The van der Waals surface area contributed by atoms with E-state index in [0.717, 1.165) is 32.4 Å². The molecule has 0 radical (unpaired) electrons. The molecular weight excluding hydrogens is 261 g/mol.